The van der Waals surface area contributed by atoms with Crippen LogP contribution in [0.15, 0.2) is 24.3 Å². The SMILES string of the molecule is CCOC(=O)CC(C(C)=O)c1ccc([N+](=O)[O-])cc1. The first-order valence-corrected chi connectivity index (χ1v) is 5.86. The molecule has 0 aliphatic rings. The number of non-ortho nitro benzene ring substituents is 1. The molecule has 0 bridgehead atoms. The van der Waals surface area contributed by atoms with Gasteiger partial charge < -0.3 is 4.74 Å². The van der Waals surface area contributed by atoms with Gasteiger partial charge in [0.05, 0.1) is 23.9 Å². The Hall–Kier alpha value is -2.24. The average Bonchev–Trinajstić information content (AvgIpc) is 2.36. The Morgan fingerprint density at radius 2 is 1.89 bits per heavy atom. The van der Waals surface area contributed by atoms with E-state index in [4.69, 9.17) is 4.74 Å². The molecule has 0 saturated heterocycles. The maximum atomic E-state index is 11.6. The van der Waals surface area contributed by atoms with Gasteiger partial charge in [0.1, 0.15) is 5.78 Å². The van der Waals surface area contributed by atoms with Gasteiger partial charge in [-0.2, -0.15) is 0 Å². The van der Waals surface area contributed by atoms with Crippen LogP contribution < -0.4 is 0 Å². The number of Topliss-reactive ketones (excluding diaryl/α,β-unsaturated/α-hetero) is 1. The molecule has 0 saturated carbocycles. The number of nitro groups is 1. The number of esters is 1. The lowest BCUT2D eigenvalue weighted by atomic mass is 9.92. The first-order valence-electron chi connectivity index (χ1n) is 5.86. The zero-order valence-electron chi connectivity index (χ0n) is 10.8. The van der Waals surface area contributed by atoms with E-state index in [2.05, 4.69) is 0 Å². The van der Waals surface area contributed by atoms with Crippen LogP contribution in [0.3, 0.4) is 0 Å². The van der Waals surface area contributed by atoms with E-state index >= 15 is 0 Å². The number of hydrogen-bond donors (Lipinski definition) is 0. The second-order valence-corrected chi connectivity index (χ2v) is 4.02. The van der Waals surface area contributed by atoms with Crippen LogP contribution in [0.25, 0.3) is 0 Å². The van der Waals surface area contributed by atoms with E-state index < -0.39 is 16.8 Å². The minimum Gasteiger partial charge on any atom is -0.466 e. The standard InChI is InChI=1S/C13H15NO5/c1-3-19-13(16)8-12(9(2)15)10-4-6-11(7-5-10)14(17)18/h4-7,12H,3,8H2,1-2H3. The van der Waals surface area contributed by atoms with Crippen molar-refractivity contribution in [3.8, 4) is 0 Å². The number of ether oxygens (including phenoxy) is 1. The monoisotopic (exact) mass is 265 g/mol. The summed E-state index contributed by atoms with van der Waals surface area (Å²) in [5.41, 5.74) is 0.522. The molecule has 0 aliphatic carbocycles. The molecular weight excluding hydrogens is 250 g/mol. The lowest BCUT2D eigenvalue weighted by Crippen LogP contribution is -2.16. The van der Waals surface area contributed by atoms with Gasteiger partial charge in [0.25, 0.3) is 5.69 Å². The van der Waals surface area contributed by atoms with Gasteiger partial charge in [0, 0.05) is 12.1 Å². The van der Waals surface area contributed by atoms with Gasteiger partial charge in [0.15, 0.2) is 0 Å². The highest BCUT2D eigenvalue weighted by molar-refractivity contribution is 5.88. The molecule has 0 spiro atoms. The summed E-state index contributed by atoms with van der Waals surface area (Å²) in [6.45, 7) is 3.32. The number of hydrogen-bond acceptors (Lipinski definition) is 5. The zero-order chi connectivity index (χ0) is 14.4. The van der Waals surface area contributed by atoms with Crippen molar-refractivity contribution in [2.24, 2.45) is 0 Å². The predicted molar refractivity (Wildman–Crippen MR) is 67.8 cm³/mol. The summed E-state index contributed by atoms with van der Waals surface area (Å²) < 4.78 is 4.81. The fraction of sp³-hybridized carbons (Fsp3) is 0.385. The van der Waals surface area contributed by atoms with Crippen molar-refractivity contribution in [1.82, 2.24) is 0 Å². The highest BCUT2D eigenvalue weighted by Gasteiger charge is 2.22. The first kappa shape index (κ1) is 14.8. The number of nitrogens with zero attached hydrogens (tertiary/aromatic N) is 1. The van der Waals surface area contributed by atoms with Gasteiger partial charge in [-0.25, -0.2) is 0 Å². The van der Waals surface area contributed by atoms with E-state index in [-0.39, 0.29) is 24.5 Å². The number of ketones is 1. The number of rotatable bonds is 6. The summed E-state index contributed by atoms with van der Waals surface area (Å²) in [7, 11) is 0. The summed E-state index contributed by atoms with van der Waals surface area (Å²) >= 11 is 0. The molecule has 0 aromatic heterocycles. The van der Waals surface area contributed by atoms with Crippen molar-refractivity contribution < 1.29 is 19.2 Å². The minimum absolute atomic E-state index is 0.0535. The minimum atomic E-state index is -0.625. The highest BCUT2D eigenvalue weighted by atomic mass is 16.6. The molecule has 6 nitrogen and oxygen atoms in total. The Kier molecular flexibility index (Phi) is 5.17. The van der Waals surface area contributed by atoms with Crippen LogP contribution in [0.5, 0.6) is 0 Å². The highest BCUT2D eigenvalue weighted by Crippen LogP contribution is 2.23. The molecule has 0 fully saturated rings. The van der Waals surface area contributed by atoms with E-state index in [1.165, 1.54) is 31.2 Å². The van der Waals surface area contributed by atoms with Crippen molar-refractivity contribution in [2.75, 3.05) is 6.61 Å². The molecule has 1 rings (SSSR count). The summed E-state index contributed by atoms with van der Waals surface area (Å²) in [5, 5.41) is 10.5. The lowest BCUT2D eigenvalue weighted by Gasteiger charge is -2.13. The van der Waals surface area contributed by atoms with E-state index in [1.807, 2.05) is 0 Å². The van der Waals surface area contributed by atoms with E-state index in [0.29, 0.717) is 5.56 Å². The molecule has 0 aliphatic heterocycles. The number of benzene rings is 1. The normalized spacial score (nSPS) is 11.7. The van der Waals surface area contributed by atoms with Crippen molar-refractivity contribution >= 4 is 17.4 Å². The van der Waals surface area contributed by atoms with Gasteiger partial charge in [-0.15, -0.1) is 0 Å². The second kappa shape index (κ2) is 6.63. The Bertz CT molecular complexity index is 480. The van der Waals surface area contributed by atoms with Crippen molar-refractivity contribution in [3.63, 3.8) is 0 Å². The Morgan fingerprint density at radius 1 is 1.32 bits per heavy atom. The Labute approximate surface area is 110 Å². The van der Waals surface area contributed by atoms with Crippen molar-refractivity contribution in [2.45, 2.75) is 26.2 Å². The molecule has 1 aromatic rings. The molecule has 0 radical (unpaired) electrons. The lowest BCUT2D eigenvalue weighted by molar-refractivity contribution is -0.384. The van der Waals surface area contributed by atoms with Crippen LogP contribution in [-0.4, -0.2) is 23.3 Å². The van der Waals surface area contributed by atoms with Crippen LogP contribution in [0.4, 0.5) is 5.69 Å². The molecule has 1 atom stereocenters. The molecule has 0 N–H and O–H groups in total. The van der Waals surface area contributed by atoms with Crippen LogP contribution in [0.1, 0.15) is 31.7 Å². The van der Waals surface area contributed by atoms with Gasteiger partial charge in [-0.3, -0.25) is 19.7 Å². The average molecular weight is 265 g/mol. The fourth-order valence-corrected chi connectivity index (χ4v) is 1.71. The van der Waals surface area contributed by atoms with Gasteiger partial charge in [-0.1, -0.05) is 12.1 Å². The fourth-order valence-electron chi connectivity index (χ4n) is 1.71. The number of carbonyl (C=O) groups is 2. The second-order valence-electron chi connectivity index (χ2n) is 4.02. The van der Waals surface area contributed by atoms with Crippen LogP contribution in [0, 0.1) is 10.1 Å². The molecular formula is C13H15NO5. The summed E-state index contributed by atoms with van der Waals surface area (Å²) in [5.74, 6) is -1.26. The third kappa shape index (κ3) is 4.17. The van der Waals surface area contributed by atoms with E-state index in [0.717, 1.165) is 0 Å². The van der Waals surface area contributed by atoms with Crippen LogP contribution >= 0.6 is 0 Å². The maximum absolute atomic E-state index is 11.6. The number of carbonyl (C=O) groups excluding carboxylic acids is 2. The Morgan fingerprint density at radius 3 is 2.32 bits per heavy atom. The molecule has 1 unspecified atom stereocenters. The third-order valence-corrected chi connectivity index (χ3v) is 2.67. The molecule has 1 aromatic carbocycles. The molecule has 19 heavy (non-hydrogen) atoms. The molecule has 0 amide bonds. The molecule has 0 heterocycles. The van der Waals surface area contributed by atoms with Gasteiger partial charge >= 0.3 is 5.97 Å². The van der Waals surface area contributed by atoms with Crippen molar-refractivity contribution in [1.29, 1.82) is 0 Å². The topological polar surface area (TPSA) is 86.5 Å². The smallest absolute Gasteiger partial charge is 0.306 e. The predicted octanol–water partition coefficient (Wildman–Crippen LogP) is 2.22. The number of nitro benzene ring substituents is 1. The van der Waals surface area contributed by atoms with Gasteiger partial charge in [0.2, 0.25) is 0 Å². The van der Waals surface area contributed by atoms with E-state index in [1.54, 1.807) is 6.92 Å². The summed E-state index contributed by atoms with van der Waals surface area (Å²) in [4.78, 5) is 33.0. The van der Waals surface area contributed by atoms with E-state index in [9.17, 15) is 19.7 Å². The quantitative estimate of drug-likeness (QED) is 0.447. The Balaban J connectivity index is 2.90. The maximum Gasteiger partial charge on any atom is 0.306 e. The first-order chi connectivity index (χ1) is 8.95. The van der Waals surface area contributed by atoms with Crippen molar-refractivity contribution in [3.05, 3.63) is 39.9 Å². The zero-order valence-corrected chi connectivity index (χ0v) is 10.8. The van der Waals surface area contributed by atoms with Gasteiger partial charge in [-0.05, 0) is 19.4 Å². The third-order valence-electron chi connectivity index (χ3n) is 2.67. The molecule has 102 valence electrons. The summed E-state index contributed by atoms with van der Waals surface area (Å²) in [6, 6.07) is 5.61. The largest absolute Gasteiger partial charge is 0.466 e. The molecule has 6 heteroatoms. The summed E-state index contributed by atoms with van der Waals surface area (Å²) in [6.07, 6.45) is -0.0546. The van der Waals surface area contributed by atoms with Crippen LogP contribution in [0.2, 0.25) is 0 Å². The van der Waals surface area contributed by atoms with Crippen LogP contribution in [-0.2, 0) is 14.3 Å².